The van der Waals surface area contributed by atoms with Gasteiger partial charge in [-0.3, -0.25) is 4.99 Å². The summed E-state index contributed by atoms with van der Waals surface area (Å²) in [5, 5.41) is 0. The van der Waals surface area contributed by atoms with E-state index in [2.05, 4.69) is 18.5 Å². The first-order valence-corrected chi connectivity index (χ1v) is 3.15. The predicted molar refractivity (Wildman–Crippen MR) is 42.7 cm³/mol. The number of rotatable bonds is 3. The normalized spacial score (nSPS) is 12.4. The maximum Gasteiger partial charge on any atom is 0.0396 e. The van der Waals surface area contributed by atoms with E-state index >= 15 is 0 Å². The zero-order valence-electron chi connectivity index (χ0n) is 6.09. The molecule has 1 nitrogen and oxygen atoms in total. The maximum absolute atomic E-state index is 4.10. The number of hydrogen-bond donors (Lipinski definition) is 0. The van der Waals surface area contributed by atoms with Crippen LogP contribution in [0.25, 0.3) is 0 Å². The van der Waals surface area contributed by atoms with Gasteiger partial charge in [0.1, 0.15) is 0 Å². The van der Waals surface area contributed by atoms with Crippen molar-refractivity contribution in [3.8, 4) is 0 Å². The summed E-state index contributed by atoms with van der Waals surface area (Å²) in [6.45, 7) is 7.56. The minimum Gasteiger partial charge on any atom is -0.266 e. The Bertz CT molecular complexity index is 132. The highest BCUT2D eigenvalue weighted by molar-refractivity contribution is 5.55. The molecule has 0 bridgehead atoms. The second-order valence-corrected chi connectivity index (χ2v) is 1.63. The quantitative estimate of drug-likeness (QED) is 0.404. The molecule has 9 heavy (non-hydrogen) atoms. The molecule has 0 atom stereocenters. The van der Waals surface area contributed by atoms with Crippen LogP contribution in [0.3, 0.4) is 0 Å². The molecule has 0 spiro atoms. The van der Waals surface area contributed by atoms with Gasteiger partial charge in [-0.05, 0) is 19.4 Å². The molecule has 0 aromatic heterocycles. The summed E-state index contributed by atoms with van der Waals surface area (Å²) in [5.41, 5.74) is 1.08. The van der Waals surface area contributed by atoms with Crippen molar-refractivity contribution >= 4 is 6.21 Å². The highest BCUT2D eigenvalue weighted by Gasteiger charge is 1.82. The van der Waals surface area contributed by atoms with Crippen LogP contribution in [0, 0.1) is 0 Å². The van der Waals surface area contributed by atoms with Crippen molar-refractivity contribution in [2.24, 2.45) is 4.99 Å². The van der Waals surface area contributed by atoms with Crippen molar-refractivity contribution in [3.05, 3.63) is 24.4 Å². The summed E-state index contributed by atoms with van der Waals surface area (Å²) in [6.07, 6.45) is 6.43. The Morgan fingerprint density at radius 3 is 2.67 bits per heavy atom. The van der Waals surface area contributed by atoms with Gasteiger partial charge >= 0.3 is 0 Å². The summed E-state index contributed by atoms with van der Waals surface area (Å²) in [7, 11) is 0. The van der Waals surface area contributed by atoms with Gasteiger partial charge in [0.15, 0.2) is 0 Å². The molecule has 0 rings (SSSR count). The van der Waals surface area contributed by atoms with Gasteiger partial charge < -0.3 is 0 Å². The van der Waals surface area contributed by atoms with E-state index in [4.69, 9.17) is 0 Å². The molecule has 0 saturated heterocycles. The highest BCUT2D eigenvalue weighted by Crippen LogP contribution is 2.00. The summed E-state index contributed by atoms with van der Waals surface area (Å²) in [5.74, 6) is 0. The molecule has 0 N–H and O–H groups in total. The Hall–Kier alpha value is -0.850. The monoisotopic (exact) mass is 123 g/mol. The SMILES string of the molecule is C=C/C=C(\CC)N=CC. The van der Waals surface area contributed by atoms with Crippen molar-refractivity contribution in [1.29, 1.82) is 0 Å². The molecule has 0 unspecified atom stereocenters. The molecule has 0 aliphatic carbocycles. The Morgan fingerprint density at radius 1 is 1.67 bits per heavy atom. The van der Waals surface area contributed by atoms with Gasteiger partial charge in [-0.2, -0.15) is 0 Å². The molecular weight excluding hydrogens is 110 g/mol. The zero-order chi connectivity index (χ0) is 7.11. The minimum absolute atomic E-state index is 0.969. The van der Waals surface area contributed by atoms with E-state index in [1.54, 1.807) is 12.3 Å². The molecule has 50 valence electrons. The third kappa shape index (κ3) is 3.71. The lowest BCUT2D eigenvalue weighted by Crippen LogP contribution is -1.72. The first-order valence-electron chi connectivity index (χ1n) is 3.15. The van der Waals surface area contributed by atoms with Crippen molar-refractivity contribution in [1.82, 2.24) is 0 Å². The lowest BCUT2D eigenvalue weighted by Gasteiger charge is -1.90. The van der Waals surface area contributed by atoms with Crippen molar-refractivity contribution in [3.63, 3.8) is 0 Å². The van der Waals surface area contributed by atoms with Crippen LogP contribution < -0.4 is 0 Å². The predicted octanol–water partition coefficient (Wildman–Crippen LogP) is 2.56. The van der Waals surface area contributed by atoms with Crippen LogP contribution in [-0.4, -0.2) is 6.21 Å². The molecule has 0 aliphatic heterocycles. The van der Waals surface area contributed by atoms with Gasteiger partial charge in [0.25, 0.3) is 0 Å². The van der Waals surface area contributed by atoms with E-state index in [9.17, 15) is 0 Å². The number of aliphatic imine (C=N–C) groups is 1. The van der Waals surface area contributed by atoms with Crippen LogP contribution in [0.1, 0.15) is 20.3 Å². The van der Waals surface area contributed by atoms with Gasteiger partial charge in [0.05, 0.1) is 0 Å². The second-order valence-electron chi connectivity index (χ2n) is 1.63. The van der Waals surface area contributed by atoms with Gasteiger partial charge in [-0.25, -0.2) is 0 Å². The third-order valence-corrected chi connectivity index (χ3v) is 0.967. The zero-order valence-corrected chi connectivity index (χ0v) is 6.09. The Labute approximate surface area is 56.8 Å². The van der Waals surface area contributed by atoms with Crippen molar-refractivity contribution in [2.75, 3.05) is 0 Å². The molecule has 0 amide bonds. The van der Waals surface area contributed by atoms with Crippen molar-refractivity contribution in [2.45, 2.75) is 20.3 Å². The topological polar surface area (TPSA) is 12.4 Å². The Balaban J connectivity index is 3.96. The number of allylic oxidation sites excluding steroid dienone is 3. The summed E-state index contributed by atoms with van der Waals surface area (Å²) >= 11 is 0. The summed E-state index contributed by atoms with van der Waals surface area (Å²) in [6, 6.07) is 0. The van der Waals surface area contributed by atoms with E-state index in [1.165, 1.54) is 0 Å². The molecule has 0 fully saturated rings. The van der Waals surface area contributed by atoms with Gasteiger partial charge in [0.2, 0.25) is 0 Å². The van der Waals surface area contributed by atoms with E-state index in [-0.39, 0.29) is 0 Å². The largest absolute Gasteiger partial charge is 0.266 e. The highest BCUT2D eigenvalue weighted by atomic mass is 14.7. The minimum atomic E-state index is 0.969. The lowest BCUT2D eigenvalue weighted by molar-refractivity contribution is 1.07. The first-order chi connectivity index (χ1) is 4.35. The fraction of sp³-hybridized carbons (Fsp3) is 0.375. The second kappa shape index (κ2) is 5.29. The smallest absolute Gasteiger partial charge is 0.0396 e. The van der Waals surface area contributed by atoms with E-state index < -0.39 is 0 Å². The Morgan fingerprint density at radius 2 is 2.33 bits per heavy atom. The maximum atomic E-state index is 4.10. The van der Waals surface area contributed by atoms with Crippen LogP contribution in [0.5, 0.6) is 0 Å². The molecule has 0 aliphatic rings. The van der Waals surface area contributed by atoms with Crippen LogP contribution in [-0.2, 0) is 0 Å². The molecule has 0 aromatic rings. The first kappa shape index (κ1) is 8.15. The molecule has 0 heterocycles. The molecule has 0 aromatic carbocycles. The average Bonchev–Trinajstić information content (AvgIpc) is 1.88. The van der Waals surface area contributed by atoms with E-state index in [0.29, 0.717) is 0 Å². The lowest BCUT2D eigenvalue weighted by atomic mass is 10.3. The average molecular weight is 123 g/mol. The van der Waals surface area contributed by atoms with Crippen LogP contribution in [0.15, 0.2) is 29.4 Å². The number of nitrogens with zero attached hydrogens (tertiary/aromatic N) is 1. The fourth-order valence-corrected chi connectivity index (χ4v) is 0.554. The standard InChI is InChI=1S/C8H13N/c1-4-7-8(5-2)9-6-3/h4,6-7H,1,5H2,2-3H3/b8-7+,9-6?. The molecule has 0 radical (unpaired) electrons. The van der Waals surface area contributed by atoms with Gasteiger partial charge in [-0.15, -0.1) is 0 Å². The van der Waals surface area contributed by atoms with Crippen LogP contribution >= 0.6 is 0 Å². The van der Waals surface area contributed by atoms with Gasteiger partial charge in [0, 0.05) is 11.9 Å². The van der Waals surface area contributed by atoms with Crippen LogP contribution in [0.2, 0.25) is 0 Å². The Kier molecular flexibility index (Phi) is 4.79. The fourth-order valence-electron chi connectivity index (χ4n) is 0.554. The molecule has 0 saturated carbocycles. The molecule has 1 heteroatoms. The summed E-state index contributed by atoms with van der Waals surface area (Å²) < 4.78 is 0. The van der Waals surface area contributed by atoms with E-state index in [0.717, 1.165) is 12.1 Å². The summed E-state index contributed by atoms with van der Waals surface area (Å²) in [4.78, 5) is 4.10. The van der Waals surface area contributed by atoms with Crippen molar-refractivity contribution < 1.29 is 0 Å². The molecular formula is C8H13N. The van der Waals surface area contributed by atoms with Crippen LogP contribution in [0.4, 0.5) is 0 Å². The third-order valence-electron chi connectivity index (χ3n) is 0.967. The number of hydrogen-bond acceptors (Lipinski definition) is 1. The van der Waals surface area contributed by atoms with Gasteiger partial charge in [-0.1, -0.05) is 19.6 Å². The van der Waals surface area contributed by atoms with E-state index in [1.807, 2.05) is 13.0 Å².